The number of H-pyrrole nitrogens is 1. The number of aromatic amines is 1. The highest BCUT2D eigenvalue weighted by atomic mass is 35.5. The predicted octanol–water partition coefficient (Wildman–Crippen LogP) is 4.77. The first-order chi connectivity index (χ1) is 9.04. The van der Waals surface area contributed by atoms with Gasteiger partial charge in [-0.3, -0.25) is 0 Å². The second-order valence-corrected chi connectivity index (χ2v) is 5.33. The fourth-order valence-corrected chi connectivity index (χ4v) is 2.27. The van der Waals surface area contributed by atoms with Crippen LogP contribution in [0.2, 0.25) is 15.1 Å². The molecule has 0 unspecified atom stereocenters. The topological polar surface area (TPSA) is 54.7 Å². The molecule has 3 N–H and O–H groups in total. The van der Waals surface area contributed by atoms with Gasteiger partial charge in [0.05, 0.1) is 31.8 Å². The largest absolute Gasteiger partial charge is 0.398 e. The first kappa shape index (κ1) is 12.6. The van der Waals surface area contributed by atoms with E-state index in [1.165, 1.54) is 0 Å². The molecule has 3 nitrogen and oxygen atoms in total. The Hall–Kier alpha value is -1.42. The minimum atomic E-state index is 0.475. The molecule has 0 saturated heterocycles. The van der Waals surface area contributed by atoms with Crippen LogP contribution < -0.4 is 5.73 Å². The van der Waals surface area contributed by atoms with E-state index in [0.717, 1.165) is 16.6 Å². The van der Waals surface area contributed by atoms with E-state index in [1.54, 1.807) is 24.3 Å². The predicted molar refractivity (Wildman–Crippen MR) is 81.0 cm³/mol. The van der Waals surface area contributed by atoms with Gasteiger partial charge in [-0.1, -0.05) is 34.8 Å². The lowest BCUT2D eigenvalue weighted by Crippen LogP contribution is -1.88. The van der Waals surface area contributed by atoms with E-state index in [-0.39, 0.29) is 0 Å². The summed E-state index contributed by atoms with van der Waals surface area (Å²) >= 11 is 17.8. The standard InChI is InChI=1S/C13H8Cl3N3/c14-7-2-1-6(3-10(7)17)13-18-11-4-8(15)9(16)5-12(11)19-13/h1-5H,17H2,(H,18,19). The monoisotopic (exact) mass is 311 g/mol. The highest BCUT2D eigenvalue weighted by molar-refractivity contribution is 6.42. The first-order valence-electron chi connectivity index (χ1n) is 5.45. The van der Waals surface area contributed by atoms with Crippen molar-refractivity contribution in [2.45, 2.75) is 0 Å². The lowest BCUT2D eigenvalue weighted by molar-refractivity contribution is 1.34. The molecule has 3 rings (SSSR count). The number of anilines is 1. The number of aromatic nitrogens is 2. The van der Waals surface area contributed by atoms with Crippen molar-refractivity contribution in [2.24, 2.45) is 0 Å². The number of halogens is 3. The normalized spacial score (nSPS) is 11.1. The van der Waals surface area contributed by atoms with Crippen LogP contribution in [0.5, 0.6) is 0 Å². The molecule has 19 heavy (non-hydrogen) atoms. The van der Waals surface area contributed by atoms with Crippen molar-refractivity contribution in [3.63, 3.8) is 0 Å². The molecule has 1 aromatic heterocycles. The van der Waals surface area contributed by atoms with E-state index in [1.807, 2.05) is 6.07 Å². The van der Waals surface area contributed by atoms with Gasteiger partial charge in [0.2, 0.25) is 0 Å². The molecule has 6 heteroatoms. The van der Waals surface area contributed by atoms with E-state index >= 15 is 0 Å². The van der Waals surface area contributed by atoms with Crippen molar-refractivity contribution in [3.8, 4) is 11.4 Å². The molecule has 0 fully saturated rings. The minimum absolute atomic E-state index is 0.475. The highest BCUT2D eigenvalue weighted by Crippen LogP contribution is 2.30. The summed E-state index contributed by atoms with van der Waals surface area (Å²) in [6, 6.07) is 8.82. The van der Waals surface area contributed by atoms with Crippen LogP contribution in [0.3, 0.4) is 0 Å². The van der Waals surface area contributed by atoms with Gasteiger partial charge in [0.25, 0.3) is 0 Å². The molecule has 0 aliphatic rings. The van der Waals surface area contributed by atoms with Gasteiger partial charge in [-0.25, -0.2) is 4.98 Å². The van der Waals surface area contributed by atoms with E-state index in [4.69, 9.17) is 40.5 Å². The number of nitrogens with one attached hydrogen (secondary N) is 1. The molecule has 1 heterocycles. The van der Waals surface area contributed by atoms with Gasteiger partial charge in [-0.05, 0) is 30.3 Å². The molecule has 0 bridgehead atoms. The molecule has 0 atom stereocenters. The molecular formula is C13H8Cl3N3. The lowest BCUT2D eigenvalue weighted by atomic mass is 10.2. The summed E-state index contributed by atoms with van der Waals surface area (Å²) in [5, 5.41) is 1.48. The second-order valence-electron chi connectivity index (χ2n) is 4.11. The van der Waals surface area contributed by atoms with Crippen LogP contribution in [0, 0.1) is 0 Å². The SMILES string of the molecule is Nc1cc(-c2nc3cc(Cl)c(Cl)cc3[nH]2)ccc1Cl. The molecule has 96 valence electrons. The fraction of sp³-hybridized carbons (Fsp3) is 0. The summed E-state index contributed by atoms with van der Waals surface area (Å²) in [6.45, 7) is 0. The Kier molecular flexibility index (Phi) is 3.05. The van der Waals surface area contributed by atoms with Gasteiger partial charge >= 0.3 is 0 Å². The Labute approximate surface area is 124 Å². The van der Waals surface area contributed by atoms with Gasteiger partial charge in [0, 0.05) is 5.56 Å². The zero-order valence-electron chi connectivity index (χ0n) is 9.55. The summed E-state index contributed by atoms with van der Waals surface area (Å²) in [5.74, 6) is 0.691. The number of imidazole rings is 1. The molecule has 0 aliphatic heterocycles. The van der Waals surface area contributed by atoms with E-state index in [2.05, 4.69) is 9.97 Å². The second kappa shape index (κ2) is 4.60. The van der Waals surface area contributed by atoms with Crippen LogP contribution in [-0.2, 0) is 0 Å². The first-order valence-corrected chi connectivity index (χ1v) is 6.58. The number of fused-ring (bicyclic) bond motifs is 1. The molecule has 0 aliphatic carbocycles. The maximum atomic E-state index is 5.97. The van der Waals surface area contributed by atoms with Crippen LogP contribution in [0.4, 0.5) is 5.69 Å². The average Bonchev–Trinajstić information content (AvgIpc) is 2.76. The highest BCUT2D eigenvalue weighted by Gasteiger charge is 2.09. The average molecular weight is 313 g/mol. The number of rotatable bonds is 1. The molecule has 3 aromatic rings. The maximum Gasteiger partial charge on any atom is 0.138 e. The van der Waals surface area contributed by atoms with Crippen molar-refractivity contribution in [2.75, 3.05) is 5.73 Å². The summed E-state index contributed by atoms with van der Waals surface area (Å²) in [4.78, 5) is 7.63. The maximum absolute atomic E-state index is 5.97. The summed E-state index contributed by atoms with van der Waals surface area (Å²) in [7, 11) is 0. The summed E-state index contributed by atoms with van der Waals surface area (Å²) in [6.07, 6.45) is 0. The fourth-order valence-electron chi connectivity index (χ4n) is 1.83. The summed E-state index contributed by atoms with van der Waals surface area (Å²) in [5.41, 5.74) is 8.71. The van der Waals surface area contributed by atoms with Crippen molar-refractivity contribution in [1.82, 2.24) is 9.97 Å². The molecular weight excluding hydrogens is 305 g/mol. The number of hydrogen-bond acceptors (Lipinski definition) is 2. The van der Waals surface area contributed by atoms with Crippen molar-refractivity contribution >= 4 is 51.5 Å². The van der Waals surface area contributed by atoms with E-state index < -0.39 is 0 Å². The zero-order chi connectivity index (χ0) is 13.6. The Morgan fingerprint density at radius 3 is 2.42 bits per heavy atom. The van der Waals surface area contributed by atoms with Crippen LogP contribution in [0.1, 0.15) is 0 Å². The third kappa shape index (κ3) is 2.25. The van der Waals surface area contributed by atoms with E-state index in [0.29, 0.717) is 26.6 Å². The quantitative estimate of drug-likeness (QED) is 0.636. The van der Waals surface area contributed by atoms with E-state index in [9.17, 15) is 0 Å². The van der Waals surface area contributed by atoms with Crippen molar-refractivity contribution < 1.29 is 0 Å². The zero-order valence-corrected chi connectivity index (χ0v) is 11.8. The lowest BCUT2D eigenvalue weighted by Gasteiger charge is -2.00. The third-order valence-corrected chi connectivity index (χ3v) is 3.86. The molecule has 0 radical (unpaired) electrons. The minimum Gasteiger partial charge on any atom is -0.398 e. The van der Waals surface area contributed by atoms with Crippen molar-refractivity contribution in [3.05, 3.63) is 45.4 Å². The molecule has 0 saturated carbocycles. The molecule has 0 spiro atoms. The number of nitrogens with zero attached hydrogens (tertiary/aromatic N) is 1. The van der Waals surface area contributed by atoms with Crippen LogP contribution >= 0.6 is 34.8 Å². The third-order valence-electron chi connectivity index (χ3n) is 2.79. The van der Waals surface area contributed by atoms with Gasteiger partial charge in [-0.15, -0.1) is 0 Å². The Morgan fingerprint density at radius 2 is 1.68 bits per heavy atom. The van der Waals surface area contributed by atoms with Gasteiger partial charge in [-0.2, -0.15) is 0 Å². The number of benzene rings is 2. The number of hydrogen-bond donors (Lipinski definition) is 2. The Bertz CT molecular complexity index is 741. The van der Waals surface area contributed by atoms with Crippen molar-refractivity contribution in [1.29, 1.82) is 0 Å². The molecule has 0 amide bonds. The van der Waals surface area contributed by atoms with Gasteiger partial charge < -0.3 is 10.7 Å². The Balaban J connectivity index is 2.17. The number of nitrogen functional groups attached to an aromatic ring is 1. The van der Waals surface area contributed by atoms with Crippen LogP contribution in [-0.4, -0.2) is 9.97 Å². The van der Waals surface area contributed by atoms with Gasteiger partial charge in [0.15, 0.2) is 0 Å². The van der Waals surface area contributed by atoms with Crippen LogP contribution in [0.15, 0.2) is 30.3 Å². The Morgan fingerprint density at radius 1 is 0.947 bits per heavy atom. The molecule has 2 aromatic carbocycles. The number of nitrogens with two attached hydrogens (primary N) is 1. The summed E-state index contributed by atoms with van der Waals surface area (Å²) < 4.78 is 0. The smallest absolute Gasteiger partial charge is 0.138 e. The van der Waals surface area contributed by atoms with Gasteiger partial charge in [0.1, 0.15) is 5.82 Å². The van der Waals surface area contributed by atoms with Crippen LogP contribution in [0.25, 0.3) is 22.4 Å².